The first-order valence-corrected chi connectivity index (χ1v) is 10.7. The van der Waals surface area contributed by atoms with E-state index in [4.69, 9.17) is 4.74 Å². The van der Waals surface area contributed by atoms with Gasteiger partial charge < -0.3 is 15.0 Å². The SMILES string of the molecule is Cc1nc(CN2CCC(C(=O)Nc3ccc(OCC(=O)N(C)C)cc3)CC2)cs1. The average Bonchev–Trinajstić information content (AvgIpc) is 3.12. The maximum atomic E-state index is 12.6. The Kier molecular flexibility index (Phi) is 7.22. The third kappa shape index (κ3) is 6.27. The van der Waals surface area contributed by atoms with Crippen molar-refractivity contribution in [3.05, 3.63) is 40.3 Å². The van der Waals surface area contributed by atoms with Gasteiger partial charge in [0.2, 0.25) is 5.91 Å². The quantitative estimate of drug-likeness (QED) is 0.751. The summed E-state index contributed by atoms with van der Waals surface area (Å²) in [7, 11) is 3.38. The lowest BCUT2D eigenvalue weighted by Gasteiger charge is -2.30. The minimum absolute atomic E-state index is 0.00223. The summed E-state index contributed by atoms with van der Waals surface area (Å²) in [4.78, 5) is 32.5. The number of hydrogen-bond acceptors (Lipinski definition) is 6. The van der Waals surface area contributed by atoms with Crippen LogP contribution in [-0.4, -0.2) is 60.4 Å². The number of piperidine rings is 1. The minimum Gasteiger partial charge on any atom is -0.484 e. The molecule has 1 saturated heterocycles. The topological polar surface area (TPSA) is 74.8 Å². The number of thiazole rings is 1. The van der Waals surface area contributed by atoms with Gasteiger partial charge in [0.1, 0.15) is 5.75 Å². The van der Waals surface area contributed by atoms with Gasteiger partial charge in [0.05, 0.1) is 10.7 Å². The van der Waals surface area contributed by atoms with E-state index in [1.54, 1.807) is 49.7 Å². The summed E-state index contributed by atoms with van der Waals surface area (Å²) in [5.74, 6) is 0.588. The number of rotatable bonds is 7. The number of likely N-dealkylation sites (tertiary alicyclic amines) is 1. The Balaban J connectivity index is 1.43. The van der Waals surface area contributed by atoms with Crippen LogP contribution in [0.4, 0.5) is 5.69 Å². The molecular weight excluding hydrogens is 388 g/mol. The average molecular weight is 417 g/mol. The van der Waals surface area contributed by atoms with Crippen LogP contribution in [0.15, 0.2) is 29.6 Å². The molecule has 1 aromatic carbocycles. The number of carbonyl (C=O) groups is 2. The number of carbonyl (C=O) groups excluding carboxylic acids is 2. The highest BCUT2D eigenvalue weighted by Gasteiger charge is 2.25. The van der Waals surface area contributed by atoms with Gasteiger partial charge in [-0.25, -0.2) is 4.98 Å². The van der Waals surface area contributed by atoms with E-state index in [9.17, 15) is 9.59 Å². The van der Waals surface area contributed by atoms with Gasteiger partial charge in [0.25, 0.3) is 5.91 Å². The van der Waals surface area contributed by atoms with Crippen LogP contribution >= 0.6 is 11.3 Å². The lowest BCUT2D eigenvalue weighted by atomic mass is 9.95. The molecule has 0 bridgehead atoms. The van der Waals surface area contributed by atoms with Crippen LogP contribution in [0, 0.1) is 12.8 Å². The third-order valence-corrected chi connectivity index (χ3v) is 5.82. The van der Waals surface area contributed by atoms with Gasteiger partial charge >= 0.3 is 0 Å². The van der Waals surface area contributed by atoms with Gasteiger partial charge in [0.15, 0.2) is 6.61 Å². The molecule has 2 amide bonds. The predicted octanol–water partition coefficient (Wildman–Crippen LogP) is 2.77. The largest absolute Gasteiger partial charge is 0.484 e. The molecule has 0 saturated carbocycles. The molecule has 3 rings (SSSR count). The van der Waals surface area contributed by atoms with Gasteiger partial charge in [-0.15, -0.1) is 11.3 Å². The molecule has 0 aliphatic carbocycles. The van der Waals surface area contributed by atoms with E-state index >= 15 is 0 Å². The van der Waals surface area contributed by atoms with Crippen molar-refractivity contribution in [3.8, 4) is 5.75 Å². The molecule has 156 valence electrons. The highest BCUT2D eigenvalue weighted by atomic mass is 32.1. The van der Waals surface area contributed by atoms with E-state index in [-0.39, 0.29) is 24.3 Å². The first-order chi connectivity index (χ1) is 13.9. The second-order valence-corrected chi connectivity index (χ2v) is 8.56. The van der Waals surface area contributed by atoms with Crippen molar-refractivity contribution in [2.24, 2.45) is 5.92 Å². The van der Waals surface area contributed by atoms with Gasteiger partial charge in [-0.2, -0.15) is 0 Å². The fourth-order valence-corrected chi connectivity index (χ4v) is 3.82. The number of ether oxygens (including phenoxy) is 1. The molecule has 1 N–H and O–H groups in total. The number of nitrogens with one attached hydrogen (secondary N) is 1. The first-order valence-electron chi connectivity index (χ1n) is 9.78. The van der Waals surface area contributed by atoms with E-state index in [0.717, 1.165) is 48.9 Å². The van der Waals surface area contributed by atoms with Crippen molar-refractivity contribution in [1.29, 1.82) is 0 Å². The van der Waals surface area contributed by atoms with Crippen LogP contribution in [-0.2, 0) is 16.1 Å². The summed E-state index contributed by atoms with van der Waals surface area (Å²) >= 11 is 1.68. The van der Waals surface area contributed by atoms with E-state index in [1.807, 2.05) is 6.92 Å². The molecule has 2 heterocycles. The fraction of sp³-hybridized carbons (Fsp3) is 0.476. The molecule has 0 spiro atoms. The molecule has 2 aromatic rings. The molecule has 0 radical (unpaired) electrons. The molecule has 0 atom stereocenters. The third-order valence-electron chi connectivity index (χ3n) is 4.99. The van der Waals surface area contributed by atoms with E-state index in [1.165, 1.54) is 4.90 Å². The molecule has 1 aromatic heterocycles. The van der Waals surface area contributed by atoms with Gasteiger partial charge in [-0.05, 0) is 57.1 Å². The lowest BCUT2D eigenvalue weighted by Crippen LogP contribution is -2.37. The Labute approximate surface area is 175 Å². The monoisotopic (exact) mass is 416 g/mol. The Morgan fingerprint density at radius 2 is 1.93 bits per heavy atom. The second kappa shape index (κ2) is 9.84. The zero-order valence-corrected chi connectivity index (χ0v) is 18.0. The van der Waals surface area contributed by atoms with Crippen molar-refractivity contribution >= 4 is 28.8 Å². The Bertz CT molecular complexity index is 827. The van der Waals surface area contributed by atoms with Crippen LogP contribution in [0.25, 0.3) is 0 Å². The van der Waals surface area contributed by atoms with Crippen LogP contribution in [0.3, 0.4) is 0 Å². The Morgan fingerprint density at radius 1 is 1.24 bits per heavy atom. The van der Waals surface area contributed by atoms with Crippen molar-refractivity contribution in [2.45, 2.75) is 26.3 Å². The van der Waals surface area contributed by atoms with Gasteiger partial charge in [-0.1, -0.05) is 0 Å². The number of nitrogens with zero attached hydrogens (tertiary/aromatic N) is 3. The summed E-state index contributed by atoms with van der Waals surface area (Å²) in [5, 5.41) is 6.19. The summed E-state index contributed by atoms with van der Waals surface area (Å²) < 4.78 is 5.45. The Morgan fingerprint density at radius 3 is 2.52 bits per heavy atom. The molecule has 0 unspecified atom stereocenters. The summed E-state index contributed by atoms with van der Waals surface area (Å²) in [5.41, 5.74) is 1.85. The normalized spacial score (nSPS) is 15.1. The number of aryl methyl sites for hydroxylation is 1. The lowest BCUT2D eigenvalue weighted by molar-refractivity contribution is -0.130. The summed E-state index contributed by atoms with van der Waals surface area (Å²) in [6.45, 7) is 4.68. The number of likely N-dealkylation sites (N-methyl/N-ethyl adjacent to an activating group) is 1. The fourth-order valence-electron chi connectivity index (χ4n) is 3.22. The molecule has 1 aliphatic rings. The van der Waals surface area contributed by atoms with Crippen LogP contribution in [0.2, 0.25) is 0 Å². The van der Waals surface area contributed by atoms with Gasteiger partial charge in [-0.3, -0.25) is 14.5 Å². The smallest absolute Gasteiger partial charge is 0.259 e. The maximum Gasteiger partial charge on any atom is 0.259 e. The van der Waals surface area contributed by atoms with Crippen molar-refractivity contribution in [3.63, 3.8) is 0 Å². The Hall–Kier alpha value is -2.45. The second-order valence-electron chi connectivity index (χ2n) is 7.50. The zero-order valence-electron chi connectivity index (χ0n) is 17.2. The van der Waals surface area contributed by atoms with Crippen LogP contribution in [0.1, 0.15) is 23.5 Å². The molecule has 1 aliphatic heterocycles. The van der Waals surface area contributed by atoms with Crippen LogP contribution in [0.5, 0.6) is 5.75 Å². The summed E-state index contributed by atoms with van der Waals surface area (Å²) in [6.07, 6.45) is 1.70. The minimum atomic E-state index is -0.0985. The van der Waals surface area contributed by atoms with Crippen LogP contribution < -0.4 is 10.1 Å². The number of aromatic nitrogens is 1. The number of anilines is 1. The highest BCUT2D eigenvalue weighted by molar-refractivity contribution is 7.09. The van der Waals surface area contributed by atoms with Crippen molar-refractivity contribution in [1.82, 2.24) is 14.8 Å². The van der Waals surface area contributed by atoms with E-state index < -0.39 is 0 Å². The number of benzene rings is 1. The van der Waals surface area contributed by atoms with Crippen molar-refractivity contribution < 1.29 is 14.3 Å². The standard InChI is InChI=1S/C21H28N4O3S/c1-15-22-18(14-29-15)12-25-10-8-16(9-11-25)21(27)23-17-4-6-19(7-5-17)28-13-20(26)24(2)3/h4-7,14,16H,8-13H2,1-3H3,(H,23,27). The zero-order chi connectivity index (χ0) is 20.8. The highest BCUT2D eigenvalue weighted by Crippen LogP contribution is 2.22. The first kappa shape index (κ1) is 21.3. The number of hydrogen-bond donors (Lipinski definition) is 1. The predicted molar refractivity (Wildman–Crippen MR) is 114 cm³/mol. The summed E-state index contributed by atoms with van der Waals surface area (Å²) in [6, 6.07) is 7.12. The van der Waals surface area contributed by atoms with E-state index in [2.05, 4.69) is 20.6 Å². The van der Waals surface area contributed by atoms with E-state index in [0.29, 0.717) is 5.75 Å². The molecule has 1 fully saturated rings. The van der Waals surface area contributed by atoms with Gasteiger partial charge in [0, 0.05) is 37.6 Å². The number of amides is 2. The molecule has 7 nitrogen and oxygen atoms in total. The molecule has 29 heavy (non-hydrogen) atoms. The van der Waals surface area contributed by atoms with Crippen molar-refractivity contribution in [2.75, 3.05) is 39.1 Å². The molecular formula is C21H28N4O3S. The maximum absolute atomic E-state index is 12.6. The molecule has 8 heteroatoms.